The molecule has 1 N–H and O–H groups in total. The Labute approximate surface area is 112 Å². The molecular formula is C16H18O3. The van der Waals surface area contributed by atoms with Crippen LogP contribution in [0, 0.1) is 5.92 Å². The molecule has 19 heavy (non-hydrogen) atoms. The van der Waals surface area contributed by atoms with Crippen molar-refractivity contribution in [3.63, 3.8) is 0 Å². The minimum absolute atomic E-state index is 0.0488. The molecule has 3 rings (SSSR count). The van der Waals surface area contributed by atoms with Crippen LogP contribution in [0.4, 0.5) is 0 Å². The Morgan fingerprint density at radius 3 is 2.58 bits per heavy atom. The number of allylic oxidation sites excluding steroid dienone is 2. The predicted molar refractivity (Wildman–Crippen MR) is 73.3 cm³/mol. The Hall–Kier alpha value is -1.77. The fourth-order valence-corrected chi connectivity index (χ4v) is 2.79. The zero-order valence-corrected chi connectivity index (χ0v) is 11.3. The van der Waals surface area contributed by atoms with Gasteiger partial charge in [0.05, 0.1) is 12.7 Å². The minimum atomic E-state index is -0.117. The van der Waals surface area contributed by atoms with E-state index in [2.05, 4.69) is 0 Å². The molecule has 2 aliphatic carbocycles. The number of hydrogen-bond donors (Lipinski definition) is 1. The van der Waals surface area contributed by atoms with Crippen LogP contribution in [0.5, 0.6) is 5.75 Å². The Bertz CT molecular complexity index is 567. The molecule has 1 aromatic rings. The second-order valence-electron chi connectivity index (χ2n) is 5.52. The summed E-state index contributed by atoms with van der Waals surface area (Å²) in [5.41, 5.74) is 2.55. The van der Waals surface area contributed by atoms with Gasteiger partial charge in [-0.15, -0.1) is 0 Å². The quantitative estimate of drug-likeness (QED) is 0.903. The van der Waals surface area contributed by atoms with Gasteiger partial charge in [0, 0.05) is 12.3 Å². The van der Waals surface area contributed by atoms with Crippen molar-refractivity contribution in [3.05, 3.63) is 35.1 Å². The molecule has 1 atom stereocenters. The van der Waals surface area contributed by atoms with Gasteiger partial charge in [-0.05, 0) is 42.0 Å². The number of rotatable bonds is 3. The molecule has 0 spiro atoms. The van der Waals surface area contributed by atoms with Crippen LogP contribution in [-0.4, -0.2) is 18.0 Å². The fraction of sp³-hybridized carbons (Fsp3) is 0.438. The number of aliphatic hydroxyl groups excluding tert-OH is 1. The summed E-state index contributed by atoms with van der Waals surface area (Å²) in [6.07, 6.45) is 2.78. The van der Waals surface area contributed by atoms with Crippen molar-refractivity contribution >= 4 is 11.4 Å². The van der Waals surface area contributed by atoms with E-state index in [-0.39, 0.29) is 17.5 Å². The van der Waals surface area contributed by atoms with Crippen molar-refractivity contribution in [2.24, 2.45) is 5.92 Å². The Balaban J connectivity index is 2.12. The smallest absolute Gasteiger partial charge is 0.170 e. The lowest BCUT2D eigenvalue weighted by Gasteiger charge is -2.12. The van der Waals surface area contributed by atoms with Gasteiger partial charge in [-0.2, -0.15) is 0 Å². The van der Waals surface area contributed by atoms with E-state index >= 15 is 0 Å². The Morgan fingerprint density at radius 1 is 1.32 bits per heavy atom. The predicted octanol–water partition coefficient (Wildman–Crippen LogP) is 3.45. The van der Waals surface area contributed by atoms with Gasteiger partial charge in [0.2, 0.25) is 0 Å². The molecule has 0 radical (unpaired) electrons. The molecule has 0 aliphatic heterocycles. The van der Waals surface area contributed by atoms with E-state index in [4.69, 9.17) is 4.74 Å². The molecule has 100 valence electrons. The van der Waals surface area contributed by atoms with Crippen LogP contribution >= 0.6 is 0 Å². The van der Waals surface area contributed by atoms with Crippen molar-refractivity contribution in [3.8, 4) is 5.75 Å². The van der Waals surface area contributed by atoms with Crippen LogP contribution < -0.4 is 4.74 Å². The standard InChI is InChI=1S/C16H18O3/c1-9-7-14(17)15(16(9)18)13-8-11(19-2)5-6-12(13)10-3-4-10/h5-6,8-10,17H,3-4,7H2,1-2H3. The van der Waals surface area contributed by atoms with E-state index in [0.29, 0.717) is 17.9 Å². The van der Waals surface area contributed by atoms with Crippen LogP contribution in [0.2, 0.25) is 0 Å². The van der Waals surface area contributed by atoms with Gasteiger partial charge in [-0.3, -0.25) is 4.79 Å². The summed E-state index contributed by atoms with van der Waals surface area (Å²) in [6, 6.07) is 5.84. The molecule has 3 nitrogen and oxygen atoms in total. The first-order valence-electron chi connectivity index (χ1n) is 6.76. The number of methoxy groups -OCH3 is 1. The van der Waals surface area contributed by atoms with Gasteiger partial charge in [0.15, 0.2) is 5.78 Å². The molecule has 3 heteroatoms. The second kappa shape index (κ2) is 4.41. The van der Waals surface area contributed by atoms with Gasteiger partial charge in [0.1, 0.15) is 11.5 Å². The lowest BCUT2D eigenvalue weighted by molar-refractivity contribution is -0.116. The summed E-state index contributed by atoms with van der Waals surface area (Å²) in [5.74, 6) is 1.42. The highest BCUT2D eigenvalue weighted by Gasteiger charge is 2.35. The third-order valence-corrected chi connectivity index (χ3v) is 4.03. The molecule has 1 aromatic carbocycles. The number of hydrogen-bond acceptors (Lipinski definition) is 3. The number of ether oxygens (including phenoxy) is 1. The molecule has 2 aliphatic rings. The zero-order valence-electron chi connectivity index (χ0n) is 11.3. The van der Waals surface area contributed by atoms with Crippen LogP contribution in [0.1, 0.15) is 43.2 Å². The third kappa shape index (κ3) is 2.03. The average Bonchev–Trinajstić information content (AvgIpc) is 3.19. The van der Waals surface area contributed by atoms with Crippen LogP contribution in [0.3, 0.4) is 0 Å². The molecule has 1 unspecified atom stereocenters. The monoisotopic (exact) mass is 258 g/mol. The number of Topliss-reactive ketones (excluding diaryl/α,β-unsaturated/α-hetero) is 1. The second-order valence-corrected chi connectivity index (χ2v) is 5.52. The van der Waals surface area contributed by atoms with Gasteiger partial charge >= 0.3 is 0 Å². The van der Waals surface area contributed by atoms with Crippen LogP contribution in [0.25, 0.3) is 5.57 Å². The maximum absolute atomic E-state index is 12.3. The van der Waals surface area contributed by atoms with Crippen molar-refractivity contribution in [2.75, 3.05) is 7.11 Å². The van der Waals surface area contributed by atoms with Crippen molar-refractivity contribution in [1.82, 2.24) is 0 Å². The first kappa shape index (κ1) is 12.3. The van der Waals surface area contributed by atoms with Gasteiger partial charge in [0.25, 0.3) is 0 Å². The van der Waals surface area contributed by atoms with E-state index in [1.165, 1.54) is 5.56 Å². The Kier molecular flexibility index (Phi) is 2.85. The lowest BCUT2D eigenvalue weighted by Crippen LogP contribution is -2.07. The highest BCUT2D eigenvalue weighted by molar-refractivity contribution is 6.24. The first-order chi connectivity index (χ1) is 9.11. The largest absolute Gasteiger partial charge is 0.512 e. The molecular weight excluding hydrogens is 240 g/mol. The summed E-state index contributed by atoms with van der Waals surface area (Å²) < 4.78 is 5.25. The summed E-state index contributed by atoms with van der Waals surface area (Å²) in [7, 11) is 1.61. The molecule has 0 aromatic heterocycles. The lowest BCUT2D eigenvalue weighted by atomic mass is 9.93. The summed E-state index contributed by atoms with van der Waals surface area (Å²) in [5, 5.41) is 10.1. The first-order valence-corrected chi connectivity index (χ1v) is 6.76. The van der Waals surface area contributed by atoms with Crippen LogP contribution in [-0.2, 0) is 4.79 Å². The van der Waals surface area contributed by atoms with Crippen molar-refractivity contribution < 1.29 is 14.6 Å². The number of aliphatic hydroxyl groups is 1. The zero-order chi connectivity index (χ0) is 13.6. The van der Waals surface area contributed by atoms with Gasteiger partial charge in [-0.1, -0.05) is 13.0 Å². The van der Waals surface area contributed by atoms with Crippen molar-refractivity contribution in [2.45, 2.75) is 32.1 Å². The van der Waals surface area contributed by atoms with E-state index < -0.39 is 0 Å². The van der Waals surface area contributed by atoms with E-state index in [9.17, 15) is 9.90 Å². The maximum atomic E-state index is 12.3. The summed E-state index contributed by atoms with van der Waals surface area (Å²) >= 11 is 0. The van der Waals surface area contributed by atoms with Crippen molar-refractivity contribution in [1.29, 1.82) is 0 Å². The normalized spacial score (nSPS) is 23.1. The molecule has 0 heterocycles. The molecule has 0 bridgehead atoms. The van der Waals surface area contributed by atoms with E-state index in [0.717, 1.165) is 24.2 Å². The highest BCUT2D eigenvalue weighted by Crippen LogP contribution is 2.46. The fourth-order valence-electron chi connectivity index (χ4n) is 2.79. The highest BCUT2D eigenvalue weighted by atomic mass is 16.5. The SMILES string of the molecule is COc1ccc(C2CC2)c(C2=C(O)CC(C)C2=O)c1. The van der Waals surface area contributed by atoms with Gasteiger partial charge in [-0.25, -0.2) is 0 Å². The number of carbonyl (C=O) groups excluding carboxylic acids is 1. The Morgan fingerprint density at radius 2 is 2.05 bits per heavy atom. The summed E-state index contributed by atoms with van der Waals surface area (Å²) in [6.45, 7) is 1.86. The minimum Gasteiger partial charge on any atom is -0.512 e. The summed E-state index contributed by atoms with van der Waals surface area (Å²) in [4.78, 5) is 12.3. The van der Waals surface area contributed by atoms with E-state index in [1.54, 1.807) is 7.11 Å². The number of carbonyl (C=O) groups is 1. The van der Waals surface area contributed by atoms with Gasteiger partial charge < -0.3 is 9.84 Å². The maximum Gasteiger partial charge on any atom is 0.170 e. The molecule has 1 fully saturated rings. The topological polar surface area (TPSA) is 46.5 Å². The van der Waals surface area contributed by atoms with Crippen LogP contribution in [0.15, 0.2) is 24.0 Å². The average molecular weight is 258 g/mol. The van der Waals surface area contributed by atoms with E-state index in [1.807, 2.05) is 25.1 Å². The molecule has 1 saturated carbocycles. The molecule has 0 saturated heterocycles. The number of ketones is 1. The number of benzene rings is 1. The molecule has 0 amide bonds. The third-order valence-electron chi connectivity index (χ3n) is 4.03.